The van der Waals surface area contributed by atoms with Crippen LogP contribution in [0, 0.1) is 0 Å². The normalized spacial score (nSPS) is 9.56. The first kappa shape index (κ1) is 11.9. The zero-order valence-corrected chi connectivity index (χ0v) is 8.84. The summed E-state index contributed by atoms with van der Waals surface area (Å²) in [7, 11) is 0. The van der Waals surface area contributed by atoms with Crippen molar-refractivity contribution >= 4 is 17.8 Å². The lowest BCUT2D eigenvalue weighted by Crippen LogP contribution is -2.14. The summed E-state index contributed by atoms with van der Waals surface area (Å²) in [5.41, 5.74) is 0. The minimum absolute atomic E-state index is 0.0369. The molecule has 1 amide bonds. The predicted molar refractivity (Wildman–Crippen MR) is 55.5 cm³/mol. The molecule has 0 saturated heterocycles. The van der Waals surface area contributed by atoms with Crippen LogP contribution < -0.4 is 5.32 Å². The third-order valence-electron chi connectivity index (χ3n) is 1.55. The van der Waals surface area contributed by atoms with E-state index >= 15 is 0 Å². The number of hydrogen-bond acceptors (Lipinski definition) is 5. The molecule has 1 aromatic rings. The molecule has 0 aliphatic heterocycles. The number of rotatable bonds is 5. The molecule has 1 aromatic heterocycles. The Labute approximate surface area is 92.1 Å². The molecule has 0 radical (unpaired) electrons. The van der Waals surface area contributed by atoms with Crippen molar-refractivity contribution in [3.05, 3.63) is 19.0 Å². The highest BCUT2D eigenvalue weighted by atomic mass is 16.5. The minimum atomic E-state index is -0.408. The molecule has 0 spiro atoms. The van der Waals surface area contributed by atoms with Gasteiger partial charge in [0.25, 0.3) is 0 Å². The lowest BCUT2D eigenvalue weighted by atomic mass is 10.6. The maximum atomic E-state index is 11.1. The van der Waals surface area contributed by atoms with Gasteiger partial charge in [0.15, 0.2) is 0 Å². The lowest BCUT2D eigenvalue weighted by molar-refractivity contribution is -0.144. The van der Waals surface area contributed by atoms with E-state index in [1.165, 1.54) is 11.0 Å². The van der Waals surface area contributed by atoms with E-state index in [-0.39, 0.29) is 12.5 Å². The molecule has 1 N–H and O–H groups in total. The molecule has 0 aliphatic rings. The van der Waals surface area contributed by atoms with E-state index in [1.54, 1.807) is 6.92 Å². The van der Waals surface area contributed by atoms with Gasteiger partial charge < -0.3 is 4.74 Å². The minimum Gasteiger partial charge on any atom is -0.465 e. The first-order chi connectivity index (χ1) is 7.65. The standard InChI is InChI=1S/C9H12N4O3/c1-3-7(14)11-9-10-6-13(12-9)5-8(15)16-4-2/h3,6H,1,4-5H2,2H3,(H,11,12,14). The SMILES string of the molecule is C=CC(=O)Nc1ncn(CC(=O)OCC)n1. The number of amides is 1. The van der Waals surface area contributed by atoms with Gasteiger partial charge in [-0.25, -0.2) is 9.67 Å². The van der Waals surface area contributed by atoms with Crippen LogP contribution in [0.25, 0.3) is 0 Å². The Hall–Kier alpha value is -2.18. The summed E-state index contributed by atoms with van der Waals surface area (Å²) >= 11 is 0. The van der Waals surface area contributed by atoms with E-state index in [2.05, 4.69) is 22.0 Å². The molecule has 0 fully saturated rings. The Balaban J connectivity index is 2.54. The van der Waals surface area contributed by atoms with Gasteiger partial charge in [0.2, 0.25) is 11.9 Å². The predicted octanol–water partition coefficient (Wildman–Crippen LogP) is -0.0343. The highest BCUT2D eigenvalue weighted by Crippen LogP contribution is 1.97. The average molecular weight is 224 g/mol. The molecule has 0 saturated carbocycles. The number of ether oxygens (including phenoxy) is 1. The molecule has 7 nitrogen and oxygen atoms in total. The highest BCUT2D eigenvalue weighted by molar-refractivity contribution is 5.97. The van der Waals surface area contributed by atoms with Gasteiger partial charge in [0, 0.05) is 0 Å². The number of nitrogens with zero attached hydrogens (tertiary/aromatic N) is 3. The molecule has 1 rings (SSSR count). The summed E-state index contributed by atoms with van der Waals surface area (Å²) in [5, 5.41) is 6.21. The van der Waals surface area contributed by atoms with E-state index in [9.17, 15) is 9.59 Å². The van der Waals surface area contributed by atoms with Crippen LogP contribution in [0.5, 0.6) is 0 Å². The summed E-state index contributed by atoms with van der Waals surface area (Å²) in [5.74, 6) is -0.697. The van der Waals surface area contributed by atoms with Crippen molar-refractivity contribution in [3.8, 4) is 0 Å². The van der Waals surface area contributed by atoms with Crippen LogP contribution in [-0.2, 0) is 20.9 Å². The first-order valence-electron chi connectivity index (χ1n) is 4.64. The third-order valence-corrected chi connectivity index (χ3v) is 1.55. The van der Waals surface area contributed by atoms with Gasteiger partial charge in [-0.2, -0.15) is 0 Å². The fourth-order valence-electron chi connectivity index (χ4n) is 0.928. The second-order valence-corrected chi connectivity index (χ2v) is 2.76. The number of aromatic nitrogens is 3. The fourth-order valence-corrected chi connectivity index (χ4v) is 0.928. The Kier molecular flexibility index (Phi) is 4.19. The first-order valence-corrected chi connectivity index (χ1v) is 4.64. The average Bonchev–Trinajstić information content (AvgIpc) is 2.65. The Morgan fingerprint density at radius 3 is 3.06 bits per heavy atom. The van der Waals surface area contributed by atoms with Gasteiger partial charge in [-0.05, 0) is 13.0 Å². The van der Waals surface area contributed by atoms with Gasteiger partial charge in [0.05, 0.1) is 6.61 Å². The zero-order chi connectivity index (χ0) is 12.0. The molecule has 0 aromatic carbocycles. The van der Waals surface area contributed by atoms with Gasteiger partial charge in [-0.15, -0.1) is 5.10 Å². The summed E-state index contributed by atoms with van der Waals surface area (Å²) in [4.78, 5) is 25.8. The smallest absolute Gasteiger partial charge is 0.327 e. The number of carbonyl (C=O) groups is 2. The largest absolute Gasteiger partial charge is 0.465 e. The maximum absolute atomic E-state index is 11.1. The number of esters is 1. The van der Waals surface area contributed by atoms with Gasteiger partial charge in [-0.3, -0.25) is 14.9 Å². The van der Waals surface area contributed by atoms with Gasteiger partial charge in [0.1, 0.15) is 12.9 Å². The van der Waals surface area contributed by atoms with Crippen molar-refractivity contribution in [3.63, 3.8) is 0 Å². The molecule has 86 valence electrons. The van der Waals surface area contributed by atoms with Crippen LogP contribution in [0.2, 0.25) is 0 Å². The lowest BCUT2D eigenvalue weighted by Gasteiger charge is -2.00. The second kappa shape index (κ2) is 5.64. The molecule has 0 unspecified atom stereocenters. The van der Waals surface area contributed by atoms with Crippen molar-refractivity contribution in [2.24, 2.45) is 0 Å². The van der Waals surface area contributed by atoms with Crippen LogP contribution >= 0.6 is 0 Å². The summed E-state index contributed by atoms with van der Waals surface area (Å²) < 4.78 is 6.00. The second-order valence-electron chi connectivity index (χ2n) is 2.76. The van der Waals surface area contributed by atoms with Crippen molar-refractivity contribution < 1.29 is 14.3 Å². The van der Waals surface area contributed by atoms with Gasteiger partial charge in [-0.1, -0.05) is 6.58 Å². The Morgan fingerprint density at radius 2 is 2.44 bits per heavy atom. The monoisotopic (exact) mass is 224 g/mol. The molecular formula is C9H12N4O3. The molecule has 0 aliphatic carbocycles. The third kappa shape index (κ3) is 3.52. The Morgan fingerprint density at radius 1 is 1.69 bits per heavy atom. The van der Waals surface area contributed by atoms with E-state index in [0.717, 1.165) is 6.08 Å². The van der Waals surface area contributed by atoms with Crippen LogP contribution in [-0.4, -0.2) is 33.2 Å². The molecule has 1 heterocycles. The van der Waals surface area contributed by atoms with E-state index in [4.69, 9.17) is 4.74 Å². The summed E-state index contributed by atoms with van der Waals surface area (Å²) in [6.45, 7) is 5.28. The number of carbonyl (C=O) groups excluding carboxylic acids is 2. The molecular weight excluding hydrogens is 212 g/mol. The van der Waals surface area contributed by atoms with Gasteiger partial charge >= 0.3 is 5.97 Å². The zero-order valence-electron chi connectivity index (χ0n) is 8.84. The van der Waals surface area contributed by atoms with Crippen molar-refractivity contribution in [1.82, 2.24) is 14.8 Å². The van der Waals surface area contributed by atoms with Crippen LogP contribution in [0.4, 0.5) is 5.95 Å². The fraction of sp³-hybridized carbons (Fsp3) is 0.333. The quantitative estimate of drug-likeness (QED) is 0.560. The molecule has 0 atom stereocenters. The molecule has 16 heavy (non-hydrogen) atoms. The van der Waals surface area contributed by atoms with Crippen LogP contribution in [0.3, 0.4) is 0 Å². The number of anilines is 1. The summed E-state index contributed by atoms with van der Waals surface area (Å²) in [6, 6.07) is 0. The summed E-state index contributed by atoms with van der Waals surface area (Å²) in [6.07, 6.45) is 2.43. The van der Waals surface area contributed by atoms with Crippen molar-refractivity contribution in [1.29, 1.82) is 0 Å². The van der Waals surface area contributed by atoms with Crippen molar-refractivity contribution in [2.75, 3.05) is 11.9 Å². The topological polar surface area (TPSA) is 86.1 Å². The molecule has 0 bridgehead atoms. The van der Waals surface area contributed by atoms with E-state index in [0.29, 0.717) is 6.61 Å². The van der Waals surface area contributed by atoms with Crippen LogP contribution in [0.15, 0.2) is 19.0 Å². The Bertz CT molecular complexity index is 399. The van der Waals surface area contributed by atoms with E-state index < -0.39 is 11.9 Å². The van der Waals surface area contributed by atoms with Crippen molar-refractivity contribution in [2.45, 2.75) is 13.5 Å². The number of hydrogen-bond donors (Lipinski definition) is 1. The maximum Gasteiger partial charge on any atom is 0.327 e. The number of nitrogens with one attached hydrogen (secondary N) is 1. The molecule has 7 heteroatoms. The van der Waals surface area contributed by atoms with Crippen LogP contribution in [0.1, 0.15) is 6.92 Å². The highest BCUT2D eigenvalue weighted by Gasteiger charge is 2.07. The van der Waals surface area contributed by atoms with E-state index in [1.807, 2.05) is 0 Å².